The SMILES string of the molecule is N#Cc1ccc2c(c1)c1cc(C#N)ccc1n2-c1ccc2c(c1)Sc1cc(-n3c4ccccc4c4ccccc43)cc3c1B2c1c(cc(-n2c4ccccc4c4cc(C#N)ccc42)c2c1sc1ccccc12)[Se]3. The minimum atomic E-state index is -0.0813. The molecule has 0 bridgehead atoms. The molecule has 14 aromatic rings. The number of hydrogen-bond acceptors (Lipinski definition) is 5. The number of para-hydroxylation sites is 3. The van der Waals surface area contributed by atoms with Crippen molar-refractivity contribution in [1.29, 1.82) is 15.8 Å². The molecule has 0 atom stereocenters. The molecule has 0 spiro atoms. The summed E-state index contributed by atoms with van der Waals surface area (Å²) in [5.74, 6) is 0. The molecule has 0 saturated carbocycles. The minimum absolute atomic E-state index is 0.0383. The maximum absolute atomic E-state index is 10.1. The first kappa shape index (κ1) is 40.9. The zero-order chi connectivity index (χ0) is 48.2. The van der Waals surface area contributed by atoms with E-state index in [1.54, 1.807) is 0 Å². The van der Waals surface area contributed by atoms with Crippen molar-refractivity contribution in [3.63, 3.8) is 0 Å². The summed E-state index contributed by atoms with van der Waals surface area (Å²) < 4.78 is 12.5. The van der Waals surface area contributed by atoms with Crippen LogP contribution in [0.2, 0.25) is 0 Å². The molecular formula is C63H31BN6S2Se. The van der Waals surface area contributed by atoms with Gasteiger partial charge in [-0.15, -0.1) is 0 Å². The second kappa shape index (κ2) is 15.1. The molecule has 334 valence electrons. The van der Waals surface area contributed by atoms with Crippen molar-refractivity contribution in [2.75, 3.05) is 0 Å². The Morgan fingerprint density at radius 1 is 0.411 bits per heavy atom. The Labute approximate surface area is 432 Å². The second-order valence-electron chi connectivity index (χ2n) is 18.9. The Bertz CT molecular complexity index is 4870. The molecule has 0 aliphatic carbocycles. The van der Waals surface area contributed by atoms with Gasteiger partial charge in [-0.3, -0.25) is 0 Å². The van der Waals surface area contributed by atoms with Gasteiger partial charge in [0, 0.05) is 0 Å². The van der Waals surface area contributed by atoms with Crippen molar-refractivity contribution in [3.8, 4) is 35.3 Å². The maximum atomic E-state index is 10.1. The van der Waals surface area contributed by atoms with E-state index >= 15 is 0 Å². The van der Waals surface area contributed by atoms with Crippen LogP contribution in [-0.2, 0) is 0 Å². The first-order chi connectivity index (χ1) is 36.0. The predicted molar refractivity (Wildman–Crippen MR) is 303 cm³/mol. The van der Waals surface area contributed by atoms with Crippen LogP contribution in [0.3, 0.4) is 0 Å². The topological polar surface area (TPSA) is 86.2 Å². The van der Waals surface area contributed by atoms with E-state index < -0.39 is 0 Å². The molecule has 0 N–H and O–H groups in total. The van der Waals surface area contributed by atoms with Gasteiger partial charge < -0.3 is 0 Å². The molecule has 73 heavy (non-hydrogen) atoms. The van der Waals surface area contributed by atoms with Crippen molar-refractivity contribution in [1.82, 2.24) is 13.7 Å². The fraction of sp³-hybridized carbons (Fsp3) is 0. The molecule has 2 aliphatic heterocycles. The van der Waals surface area contributed by atoms with Crippen LogP contribution in [0.1, 0.15) is 16.7 Å². The van der Waals surface area contributed by atoms with Crippen LogP contribution < -0.4 is 25.3 Å². The van der Waals surface area contributed by atoms with E-state index in [1.807, 2.05) is 71.6 Å². The molecule has 0 saturated heterocycles. The summed E-state index contributed by atoms with van der Waals surface area (Å²) in [4.78, 5) is 2.47. The van der Waals surface area contributed by atoms with Crippen LogP contribution in [0.25, 0.3) is 103 Å². The summed E-state index contributed by atoms with van der Waals surface area (Å²) in [6.07, 6.45) is 0. The normalized spacial score (nSPS) is 12.8. The van der Waals surface area contributed by atoms with Crippen LogP contribution in [0.5, 0.6) is 0 Å². The van der Waals surface area contributed by atoms with Gasteiger partial charge in [-0.25, -0.2) is 0 Å². The number of nitrogens with zero attached hydrogens (tertiary/aromatic N) is 6. The Balaban J connectivity index is 1.00. The van der Waals surface area contributed by atoms with E-state index in [0.717, 1.165) is 60.7 Å². The Morgan fingerprint density at radius 2 is 0.904 bits per heavy atom. The quantitative estimate of drug-likeness (QED) is 0.165. The van der Waals surface area contributed by atoms with E-state index in [4.69, 9.17) is 0 Å². The van der Waals surface area contributed by atoms with Crippen molar-refractivity contribution in [3.05, 3.63) is 205 Å². The van der Waals surface area contributed by atoms with Gasteiger partial charge in [0.2, 0.25) is 0 Å². The van der Waals surface area contributed by atoms with Crippen LogP contribution in [0, 0.1) is 34.0 Å². The number of rotatable bonds is 3. The standard InChI is InChI=1S/C63H31BN6S2Se/c65-32-35-19-24-53-44(25-35)42-11-3-7-15-50(42)70(53)54-31-59-62(63-60(54)43-12-4-8-16-55(43)72-63)64-47-21-20-38(68-51-22-17-36(33-66)26-45(51)46-27-37(34-67)18-23-52(46)68)28-56(47)71-57-29-39(30-58(73-59)61(57)64)69-48-13-5-1-9-40(48)41-10-2-6-14-49(41)69/h1-31H. The predicted octanol–water partition coefficient (Wildman–Crippen LogP) is 11.9. The number of fused-ring (bicyclic) bond motifs is 17. The van der Waals surface area contributed by atoms with Gasteiger partial charge in [-0.05, 0) is 0 Å². The van der Waals surface area contributed by atoms with Crippen LogP contribution in [0.4, 0.5) is 0 Å². The third-order valence-electron chi connectivity index (χ3n) is 15.2. The number of thiophene rings is 1. The molecule has 0 amide bonds. The first-order valence-corrected chi connectivity index (χ1v) is 27.4. The number of benzene rings is 10. The number of hydrogen-bond donors (Lipinski definition) is 0. The zero-order valence-electron chi connectivity index (χ0n) is 38.4. The van der Waals surface area contributed by atoms with Gasteiger partial charge in [0.05, 0.1) is 12.1 Å². The summed E-state index contributed by atoms with van der Waals surface area (Å²) >= 11 is 3.70. The third-order valence-corrected chi connectivity index (χ3v) is 19.9. The molecule has 0 radical (unpaired) electrons. The van der Waals surface area contributed by atoms with Gasteiger partial charge in [-0.2, -0.15) is 10.5 Å². The van der Waals surface area contributed by atoms with E-state index in [2.05, 4.69) is 171 Å². The van der Waals surface area contributed by atoms with Crippen molar-refractivity contribution < 1.29 is 0 Å². The first-order valence-electron chi connectivity index (χ1n) is 24.0. The molecule has 0 fully saturated rings. The molecule has 2 aliphatic rings. The monoisotopic (exact) mass is 1030 g/mol. The fourth-order valence-electron chi connectivity index (χ4n) is 12.2. The molecule has 6 nitrogen and oxygen atoms in total. The van der Waals surface area contributed by atoms with Crippen LogP contribution in [-0.4, -0.2) is 35.4 Å². The van der Waals surface area contributed by atoms with Crippen molar-refractivity contribution >= 4 is 156 Å². The third kappa shape index (κ3) is 5.63. The molecule has 0 unspecified atom stereocenters. The van der Waals surface area contributed by atoms with Gasteiger partial charge in [0.25, 0.3) is 0 Å². The van der Waals surface area contributed by atoms with E-state index in [-0.39, 0.29) is 21.7 Å². The number of aromatic nitrogens is 3. The summed E-state index contributed by atoms with van der Waals surface area (Å²) in [7, 11) is 0. The fourth-order valence-corrected chi connectivity index (χ4v) is 17.7. The van der Waals surface area contributed by atoms with E-state index in [9.17, 15) is 15.8 Å². The molecule has 10 aromatic carbocycles. The summed E-state index contributed by atoms with van der Waals surface area (Å²) in [6.45, 7) is -0.0383. The Kier molecular flexibility index (Phi) is 8.47. The Morgan fingerprint density at radius 3 is 1.53 bits per heavy atom. The Hall–Kier alpha value is -8.78. The second-order valence-corrected chi connectivity index (χ2v) is 23.3. The van der Waals surface area contributed by atoms with Gasteiger partial charge in [0.15, 0.2) is 0 Å². The number of nitriles is 3. The van der Waals surface area contributed by atoms with Crippen molar-refractivity contribution in [2.45, 2.75) is 9.79 Å². The molecule has 16 rings (SSSR count). The van der Waals surface area contributed by atoms with Gasteiger partial charge in [0.1, 0.15) is 0 Å². The average molecular weight is 1030 g/mol. The molecular weight excluding hydrogens is 995 g/mol. The van der Waals surface area contributed by atoms with Crippen LogP contribution in [0.15, 0.2) is 198 Å². The van der Waals surface area contributed by atoms with Gasteiger partial charge >= 0.3 is 412 Å². The van der Waals surface area contributed by atoms with Crippen LogP contribution >= 0.6 is 23.1 Å². The van der Waals surface area contributed by atoms with E-state index in [1.165, 1.54) is 77.1 Å². The summed E-state index contributed by atoms with van der Waals surface area (Å²) in [5.41, 5.74) is 15.8. The zero-order valence-corrected chi connectivity index (χ0v) is 41.7. The van der Waals surface area contributed by atoms with Crippen molar-refractivity contribution in [2.24, 2.45) is 0 Å². The molecule has 4 aromatic heterocycles. The summed E-state index contributed by atoms with van der Waals surface area (Å²) in [5, 5.41) is 39.1. The molecule has 10 heteroatoms. The molecule has 6 heterocycles. The summed E-state index contributed by atoms with van der Waals surface area (Å²) in [6, 6.07) is 74.5. The average Bonchev–Trinajstić information content (AvgIpc) is 4.21. The van der Waals surface area contributed by atoms with E-state index in [0.29, 0.717) is 16.7 Å². The van der Waals surface area contributed by atoms with Gasteiger partial charge in [-0.1, -0.05) is 0 Å².